The third kappa shape index (κ3) is 3.45. The van der Waals surface area contributed by atoms with Gasteiger partial charge in [0.1, 0.15) is 5.75 Å². The predicted molar refractivity (Wildman–Crippen MR) is 101 cm³/mol. The lowest BCUT2D eigenvalue weighted by Gasteiger charge is -2.35. The number of likely N-dealkylation sites (tertiary alicyclic amines) is 2. The van der Waals surface area contributed by atoms with Gasteiger partial charge in [-0.1, -0.05) is 12.1 Å². The second-order valence-electron chi connectivity index (χ2n) is 8.03. The standard InChI is InChI=1S/C21H26N2O5/c1-28-16-6-2-4-13(10-16)19-17(11-18(24)23(19)15-7-8-15)20(25)22-9-3-5-14(12-22)21(26)27/h2,4,6,10,14-15,17,19H,3,5,7-9,11-12H2,1H3,(H,26,27). The topological polar surface area (TPSA) is 87.1 Å². The third-order valence-electron chi connectivity index (χ3n) is 6.14. The lowest BCUT2D eigenvalue weighted by molar-refractivity contribution is -0.147. The Balaban J connectivity index is 1.63. The van der Waals surface area contributed by atoms with Crippen LogP contribution in [0.15, 0.2) is 24.3 Å². The fourth-order valence-electron chi connectivity index (χ4n) is 4.59. The van der Waals surface area contributed by atoms with Crippen LogP contribution in [0.5, 0.6) is 5.75 Å². The summed E-state index contributed by atoms with van der Waals surface area (Å²) in [6, 6.07) is 7.46. The van der Waals surface area contributed by atoms with E-state index in [-0.39, 0.29) is 36.9 Å². The van der Waals surface area contributed by atoms with Gasteiger partial charge in [-0.3, -0.25) is 14.4 Å². The van der Waals surface area contributed by atoms with Crippen molar-refractivity contribution in [2.75, 3.05) is 20.2 Å². The van der Waals surface area contributed by atoms with Crippen LogP contribution in [0.25, 0.3) is 0 Å². The summed E-state index contributed by atoms with van der Waals surface area (Å²) in [6.45, 7) is 0.786. The van der Waals surface area contributed by atoms with E-state index in [4.69, 9.17) is 4.74 Å². The van der Waals surface area contributed by atoms with Gasteiger partial charge >= 0.3 is 5.97 Å². The molecule has 7 nitrogen and oxygen atoms in total. The van der Waals surface area contributed by atoms with Gasteiger partial charge in [-0.15, -0.1) is 0 Å². The maximum absolute atomic E-state index is 13.4. The summed E-state index contributed by atoms with van der Waals surface area (Å²) >= 11 is 0. The summed E-state index contributed by atoms with van der Waals surface area (Å²) in [5, 5.41) is 9.34. The smallest absolute Gasteiger partial charge is 0.308 e. The summed E-state index contributed by atoms with van der Waals surface area (Å²) in [7, 11) is 1.60. The van der Waals surface area contributed by atoms with Crippen LogP contribution in [0.4, 0.5) is 0 Å². The lowest BCUT2D eigenvalue weighted by atomic mass is 9.90. The Bertz CT molecular complexity index is 791. The molecule has 2 heterocycles. The van der Waals surface area contributed by atoms with Gasteiger partial charge in [0.2, 0.25) is 11.8 Å². The number of carbonyl (C=O) groups is 3. The largest absolute Gasteiger partial charge is 0.497 e. The monoisotopic (exact) mass is 386 g/mol. The molecule has 2 aliphatic heterocycles. The second kappa shape index (κ2) is 7.45. The Morgan fingerprint density at radius 2 is 2.00 bits per heavy atom. The van der Waals surface area contributed by atoms with Gasteiger partial charge in [0, 0.05) is 25.6 Å². The number of ether oxygens (including phenoxy) is 1. The molecule has 0 spiro atoms. The molecule has 0 bridgehead atoms. The quantitative estimate of drug-likeness (QED) is 0.837. The van der Waals surface area contributed by atoms with Crippen molar-refractivity contribution in [1.82, 2.24) is 9.80 Å². The highest BCUT2D eigenvalue weighted by Crippen LogP contribution is 2.46. The number of carboxylic acids is 1. The van der Waals surface area contributed by atoms with E-state index in [1.807, 2.05) is 29.2 Å². The molecule has 2 saturated heterocycles. The number of aliphatic carboxylic acids is 1. The highest BCUT2D eigenvalue weighted by Gasteiger charge is 2.51. The third-order valence-corrected chi connectivity index (χ3v) is 6.14. The molecule has 2 amide bonds. The molecule has 150 valence electrons. The molecule has 28 heavy (non-hydrogen) atoms. The molecule has 1 saturated carbocycles. The average Bonchev–Trinajstić information content (AvgIpc) is 3.49. The summed E-state index contributed by atoms with van der Waals surface area (Å²) in [4.78, 5) is 41.1. The van der Waals surface area contributed by atoms with Gasteiger partial charge in [-0.25, -0.2) is 0 Å². The summed E-state index contributed by atoms with van der Waals surface area (Å²) in [5.74, 6) is -1.25. The first-order valence-corrected chi connectivity index (χ1v) is 9.96. The molecule has 4 rings (SSSR count). The number of benzene rings is 1. The Hall–Kier alpha value is -2.57. The van der Waals surface area contributed by atoms with Crippen LogP contribution in [0.3, 0.4) is 0 Å². The van der Waals surface area contributed by atoms with Crippen molar-refractivity contribution in [3.8, 4) is 5.75 Å². The van der Waals surface area contributed by atoms with Gasteiger partial charge in [0.15, 0.2) is 0 Å². The SMILES string of the molecule is COc1cccc(C2C(C(=O)N3CCCC(C(=O)O)C3)CC(=O)N2C2CC2)c1. The number of piperidine rings is 1. The molecule has 7 heteroatoms. The van der Waals surface area contributed by atoms with Gasteiger partial charge in [0.25, 0.3) is 0 Å². The van der Waals surface area contributed by atoms with Crippen molar-refractivity contribution in [3.63, 3.8) is 0 Å². The number of methoxy groups -OCH3 is 1. The molecule has 1 aromatic carbocycles. The van der Waals surface area contributed by atoms with Gasteiger partial charge in [-0.05, 0) is 43.4 Å². The number of carboxylic acid groups (broad SMARTS) is 1. The normalized spacial score (nSPS) is 27.8. The van der Waals surface area contributed by atoms with Gasteiger partial charge in [0.05, 0.1) is 25.0 Å². The zero-order valence-corrected chi connectivity index (χ0v) is 16.0. The molecule has 3 unspecified atom stereocenters. The van der Waals surface area contributed by atoms with E-state index in [9.17, 15) is 19.5 Å². The van der Waals surface area contributed by atoms with Gasteiger partial charge < -0.3 is 19.6 Å². The molecule has 0 aromatic heterocycles. The lowest BCUT2D eigenvalue weighted by Crippen LogP contribution is -2.46. The number of amides is 2. The minimum absolute atomic E-state index is 0.0143. The first-order valence-electron chi connectivity index (χ1n) is 9.96. The van der Waals surface area contributed by atoms with Crippen molar-refractivity contribution in [1.29, 1.82) is 0 Å². The highest BCUT2D eigenvalue weighted by molar-refractivity contribution is 5.91. The van der Waals surface area contributed by atoms with Crippen LogP contribution in [-0.4, -0.2) is 58.9 Å². The van der Waals surface area contributed by atoms with E-state index in [0.29, 0.717) is 25.1 Å². The van der Waals surface area contributed by atoms with Crippen LogP contribution in [0.1, 0.15) is 43.7 Å². The molecule has 0 radical (unpaired) electrons. The maximum Gasteiger partial charge on any atom is 0.308 e. The van der Waals surface area contributed by atoms with Crippen molar-refractivity contribution in [3.05, 3.63) is 29.8 Å². The van der Waals surface area contributed by atoms with Crippen LogP contribution >= 0.6 is 0 Å². The summed E-state index contributed by atoms with van der Waals surface area (Å²) < 4.78 is 5.34. The Labute approximate surface area is 164 Å². The average molecular weight is 386 g/mol. The molecule has 3 aliphatic rings. The fraction of sp³-hybridized carbons (Fsp3) is 0.571. The number of carbonyl (C=O) groups excluding carboxylic acids is 2. The van der Waals surface area contributed by atoms with E-state index in [0.717, 1.165) is 18.4 Å². The van der Waals surface area contributed by atoms with E-state index < -0.39 is 17.8 Å². The first-order chi connectivity index (χ1) is 13.5. The molecule has 1 aromatic rings. The fourth-order valence-corrected chi connectivity index (χ4v) is 4.59. The maximum atomic E-state index is 13.4. The number of rotatable bonds is 5. The van der Waals surface area contributed by atoms with Crippen molar-refractivity contribution < 1.29 is 24.2 Å². The predicted octanol–water partition coefficient (Wildman–Crippen LogP) is 2.07. The Morgan fingerprint density at radius 3 is 2.68 bits per heavy atom. The molecule has 3 fully saturated rings. The summed E-state index contributed by atoms with van der Waals surface area (Å²) in [6.07, 6.45) is 3.40. The molecular weight excluding hydrogens is 360 g/mol. The van der Waals surface area contributed by atoms with Crippen LogP contribution < -0.4 is 4.74 Å². The van der Waals surface area contributed by atoms with Crippen LogP contribution in [0.2, 0.25) is 0 Å². The van der Waals surface area contributed by atoms with Crippen molar-refractivity contribution in [2.45, 2.75) is 44.2 Å². The van der Waals surface area contributed by atoms with E-state index in [1.165, 1.54) is 0 Å². The first kappa shape index (κ1) is 18.8. The zero-order chi connectivity index (χ0) is 19.8. The Kier molecular flexibility index (Phi) is 5.00. The minimum Gasteiger partial charge on any atom is -0.497 e. The Morgan fingerprint density at radius 1 is 1.21 bits per heavy atom. The summed E-state index contributed by atoms with van der Waals surface area (Å²) in [5.41, 5.74) is 0.905. The zero-order valence-electron chi connectivity index (χ0n) is 16.0. The van der Waals surface area contributed by atoms with E-state index in [2.05, 4.69) is 0 Å². The van der Waals surface area contributed by atoms with Crippen LogP contribution in [0, 0.1) is 11.8 Å². The molecular formula is C21H26N2O5. The molecule has 1 aliphatic carbocycles. The second-order valence-corrected chi connectivity index (χ2v) is 8.03. The molecule has 1 N–H and O–H groups in total. The number of hydrogen-bond acceptors (Lipinski definition) is 4. The number of nitrogens with zero attached hydrogens (tertiary/aromatic N) is 2. The van der Waals surface area contributed by atoms with Crippen LogP contribution in [-0.2, 0) is 14.4 Å². The minimum atomic E-state index is -0.857. The highest BCUT2D eigenvalue weighted by atomic mass is 16.5. The van der Waals surface area contributed by atoms with E-state index >= 15 is 0 Å². The van der Waals surface area contributed by atoms with Crippen molar-refractivity contribution >= 4 is 17.8 Å². The van der Waals surface area contributed by atoms with E-state index in [1.54, 1.807) is 12.0 Å². The number of hydrogen-bond donors (Lipinski definition) is 1. The van der Waals surface area contributed by atoms with Gasteiger partial charge in [-0.2, -0.15) is 0 Å². The molecule has 3 atom stereocenters. The van der Waals surface area contributed by atoms with Crippen molar-refractivity contribution in [2.24, 2.45) is 11.8 Å².